The third kappa shape index (κ3) is 5.47. The van der Waals surface area contributed by atoms with Crippen molar-refractivity contribution in [2.45, 2.75) is 24.2 Å². The molecule has 0 fully saturated rings. The van der Waals surface area contributed by atoms with E-state index in [1.54, 1.807) is 23.9 Å². The lowest BCUT2D eigenvalue weighted by atomic mass is 10.2. The molecule has 138 valence electrons. The first-order valence-electron chi connectivity index (χ1n) is 8.39. The van der Waals surface area contributed by atoms with Crippen LogP contribution in [0.3, 0.4) is 0 Å². The van der Waals surface area contributed by atoms with Gasteiger partial charge in [0, 0.05) is 34.9 Å². The molecule has 1 N–H and O–H groups in total. The number of hydrogen-bond acceptors (Lipinski definition) is 4. The van der Waals surface area contributed by atoms with Crippen molar-refractivity contribution in [3.63, 3.8) is 0 Å². The van der Waals surface area contributed by atoms with Crippen molar-refractivity contribution < 1.29 is 14.3 Å². The van der Waals surface area contributed by atoms with Crippen LogP contribution in [-0.4, -0.2) is 24.9 Å². The van der Waals surface area contributed by atoms with Crippen LogP contribution in [-0.2, 0) is 4.79 Å². The molecular weight excluding hydrogens is 393 g/mol. The standard InChI is InChI=1S/C19H19Cl2NO3S/c20-13-4-6-14(7-5-13)26-10-1-3-19(23)22-16-12-18-17(11-15(16)21)24-8-2-9-25-18/h4-7,11-12H,1-3,8-10H2,(H,22,23). The Kier molecular flexibility index (Phi) is 6.94. The zero-order valence-electron chi connectivity index (χ0n) is 14.1. The van der Waals surface area contributed by atoms with Gasteiger partial charge in [-0.25, -0.2) is 0 Å². The van der Waals surface area contributed by atoms with Gasteiger partial charge < -0.3 is 14.8 Å². The van der Waals surface area contributed by atoms with Crippen molar-refractivity contribution in [3.8, 4) is 11.5 Å². The maximum atomic E-state index is 12.2. The summed E-state index contributed by atoms with van der Waals surface area (Å²) in [5, 5.41) is 4.02. The monoisotopic (exact) mass is 411 g/mol. The van der Waals surface area contributed by atoms with E-state index in [-0.39, 0.29) is 5.91 Å². The molecule has 0 spiro atoms. The first-order valence-corrected chi connectivity index (χ1v) is 10.1. The fraction of sp³-hybridized carbons (Fsp3) is 0.316. The molecule has 2 aromatic rings. The minimum Gasteiger partial charge on any atom is -0.490 e. The predicted octanol–water partition coefficient (Wildman–Crippen LogP) is 5.67. The van der Waals surface area contributed by atoms with Crippen LogP contribution in [0.15, 0.2) is 41.3 Å². The fourth-order valence-corrected chi connectivity index (χ4v) is 3.63. The largest absolute Gasteiger partial charge is 0.490 e. The van der Waals surface area contributed by atoms with Crippen molar-refractivity contribution in [1.82, 2.24) is 0 Å². The van der Waals surface area contributed by atoms with Crippen molar-refractivity contribution in [1.29, 1.82) is 0 Å². The second-order valence-corrected chi connectivity index (χ2v) is 7.80. The van der Waals surface area contributed by atoms with Gasteiger partial charge in [-0.3, -0.25) is 4.79 Å². The molecule has 7 heteroatoms. The Labute approximate surface area is 167 Å². The van der Waals surface area contributed by atoms with Crippen molar-refractivity contribution in [2.24, 2.45) is 0 Å². The Morgan fingerprint density at radius 3 is 2.50 bits per heavy atom. The molecule has 3 rings (SSSR count). The van der Waals surface area contributed by atoms with E-state index < -0.39 is 0 Å². The Bertz CT molecular complexity index is 768. The quantitative estimate of drug-likeness (QED) is 0.491. The number of hydrogen-bond donors (Lipinski definition) is 1. The van der Waals surface area contributed by atoms with Crippen molar-refractivity contribution in [3.05, 3.63) is 46.4 Å². The molecule has 0 saturated carbocycles. The van der Waals surface area contributed by atoms with Gasteiger partial charge in [-0.05, 0) is 36.4 Å². The van der Waals surface area contributed by atoms with Gasteiger partial charge in [0.1, 0.15) is 0 Å². The van der Waals surface area contributed by atoms with Gasteiger partial charge in [-0.2, -0.15) is 0 Å². The molecular formula is C19H19Cl2NO3S. The fourth-order valence-electron chi connectivity index (χ4n) is 2.45. The topological polar surface area (TPSA) is 47.6 Å². The van der Waals surface area contributed by atoms with E-state index in [1.807, 2.05) is 24.3 Å². The SMILES string of the molecule is O=C(CCCSc1ccc(Cl)cc1)Nc1cc2c(cc1Cl)OCCCO2. The van der Waals surface area contributed by atoms with Crippen LogP contribution in [0.5, 0.6) is 11.5 Å². The second kappa shape index (κ2) is 9.40. The number of ether oxygens (including phenoxy) is 2. The summed E-state index contributed by atoms with van der Waals surface area (Å²) in [7, 11) is 0. The number of halogens is 2. The van der Waals surface area contributed by atoms with Crippen molar-refractivity contribution in [2.75, 3.05) is 24.3 Å². The van der Waals surface area contributed by atoms with Gasteiger partial charge >= 0.3 is 0 Å². The molecule has 4 nitrogen and oxygen atoms in total. The number of amides is 1. The lowest BCUT2D eigenvalue weighted by Gasteiger charge is -2.12. The number of carbonyl (C=O) groups excluding carboxylic acids is 1. The van der Waals surface area contributed by atoms with Crippen LogP contribution < -0.4 is 14.8 Å². The minimum absolute atomic E-state index is 0.0712. The summed E-state index contributed by atoms with van der Waals surface area (Å²) in [6, 6.07) is 11.1. The molecule has 0 unspecified atom stereocenters. The molecule has 0 aliphatic carbocycles. The number of rotatable bonds is 6. The van der Waals surface area contributed by atoms with Gasteiger partial charge in [0.25, 0.3) is 0 Å². The predicted molar refractivity (Wildman–Crippen MR) is 107 cm³/mol. The van der Waals surface area contributed by atoms with Gasteiger partial charge in [0.2, 0.25) is 5.91 Å². The molecule has 2 aromatic carbocycles. The van der Waals surface area contributed by atoms with Crippen LogP contribution in [0.1, 0.15) is 19.3 Å². The third-order valence-corrected chi connectivity index (χ3v) is 5.40. The molecule has 1 heterocycles. The van der Waals surface area contributed by atoms with Crippen LogP contribution in [0.25, 0.3) is 0 Å². The molecule has 0 aromatic heterocycles. The Morgan fingerprint density at radius 1 is 1.08 bits per heavy atom. The van der Waals surface area contributed by atoms with Crippen molar-refractivity contribution >= 4 is 46.6 Å². The lowest BCUT2D eigenvalue weighted by molar-refractivity contribution is -0.116. The van der Waals surface area contributed by atoms with E-state index in [4.69, 9.17) is 32.7 Å². The number of carbonyl (C=O) groups is 1. The van der Waals surface area contributed by atoms with Gasteiger partial charge in [0.15, 0.2) is 11.5 Å². The van der Waals surface area contributed by atoms with Crippen LogP contribution in [0, 0.1) is 0 Å². The Hall–Kier alpha value is -1.56. The van der Waals surface area contributed by atoms with E-state index >= 15 is 0 Å². The third-order valence-electron chi connectivity index (χ3n) is 3.74. The summed E-state index contributed by atoms with van der Waals surface area (Å²) in [5.74, 6) is 2.01. The number of anilines is 1. The summed E-state index contributed by atoms with van der Waals surface area (Å²) in [6.07, 6.45) is 2.01. The molecule has 0 saturated heterocycles. The maximum absolute atomic E-state index is 12.2. The van der Waals surface area contributed by atoms with Gasteiger partial charge in [0.05, 0.1) is 23.9 Å². The molecule has 1 aliphatic heterocycles. The smallest absolute Gasteiger partial charge is 0.224 e. The highest BCUT2D eigenvalue weighted by molar-refractivity contribution is 7.99. The Morgan fingerprint density at radius 2 is 1.77 bits per heavy atom. The molecule has 0 radical (unpaired) electrons. The number of benzene rings is 2. The first-order chi connectivity index (χ1) is 12.6. The highest BCUT2D eigenvalue weighted by Gasteiger charge is 2.15. The molecule has 1 aliphatic rings. The Balaban J connectivity index is 1.48. The van der Waals surface area contributed by atoms with E-state index in [1.165, 1.54) is 0 Å². The summed E-state index contributed by atoms with van der Waals surface area (Å²) in [5.41, 5.74) is 0.547. The van der Waals surface area contributed by atoms with E-state index in [9.17, 15) is 4.79 Å². The number of thioether (sulfide) groups is 1. The van der Waals surface area contributed by atoms with E-state index in [0.717, 1.165) is 28.5 Å². The summed E-state index contributed by atoms with van der Waals surface area (Å²) in [6.45, 7) is 1.18. The van der Waals surface area contributed by atoms with Crippen LogP contribution in [0.2, 0.25) is 10.0 Å². The number of nitrogens with one attached hydrogen (secondary N) is 1. The van der Waals surface area contributed by atoms with Gasteiger partial charge in [-0.1, -0.05) is 23.2 Å². The molecule has 0 atom stereocenters. The summed E-state index contributed by atoms with van der Waals surface area (Å²) < 4.78 is 11.2. The van der Waals surface area contributed by atoms with Gasteiger partial charge in [-0.15, -0.1) is 11.8 Å². The first kappa shape index (κ1) is 19.2. The maximum Gasteiger partial charge on any atom is 0.224 e. The van der Waals surface area contributed by atoms with Crippen LogP contribution in [0.4, 0.5) is 5.69 Å². The van der Waals surface area contributed by atoms with E-state index in [2.05, 4.69) is 5.32 Å². The normalized spacial score (nSPS) is 13.2. The highest BCUT2D eigenvalue weighted by Crippen LogP contribution is 2.37. The summed E-state index contributed by atoms with van der Waals surface area (Å²) >= 11 is 13.8. The minimum atomic E-state index is -0.0712. The summed E-state index contributed by atoms with van der Waals surface area (Å²) in [4.78, 5) is 13.3. The lowest BCUT2D eigenvalue weighted by Crippen LogP contribution is -2.12. The van der Waals surface area contributed by atoms with Crippen LogP contribution >= 0.6 is 35.0 Å². The van der Waals surface area contributed by atoms with E-state index in [0.29, 0.717) is 41.8 Å². The molecule has 26 heavy (non-hydrogen) atoms. The average molecular weight is 412 g/mol. The number of fused-ring (bicyclic) bond motifs is 1. The average Bonchev–Trinajstić information content (AvgIpc) is 2.85. The zero-order chi connectivity index (χ0) is 18.4. The highest BCUT2D eigenvalue weighted by atomic mass is 35.5. The zero-order valence-corrected chi connectivity index (χ0v) is 16.4. The second-order valence-electron chi connectivity index (χ2n) is 5.78. The molecule has 0 bridgehead atoms. The molecule has 1 amide bonds.